The fourth-order valence-corrected chi connectivity index (χ4v) is 3.03. The summed E-state index contributed by atoms with van der Waals surface area (Å²) in [5.74, 6) is -0.167. The van der Waals surface area contributed by atoms with Gasteiger partial charge in [-0.25, -0.2) is 0 Å². The molecule has 3 rings (SSSR count). The molecule has 1 atom stereocenters. The van der Waals surface area contributed by atoms with Gasteiger partial charge in [-0.1, -0.05) is 6.07 Å². The van der Waals surface area contributed by atoms with E-state index >= 15 is 0 Å². The van der Waals surface area contributed by atoms with Crippen LogP contribution in [0.3, 0.4) is 0 Å². The van der Waals surface area contributed by atoms with Crippen LogP contribution in [0.15, 0.2) is 36.5 Å². The van der Waals surface area contributed by atoms with E-state index in [0.29, 0.717) is 11.7 Å². The van der Waals surface area contributed by atoms with E-state index in [4.69, 9.17) is 0 Å². The summed E-state index contributed by atoms with van der Waals surface area (Å²) >= 11 is 2.22. The molecular weight excluding hydrogens is 379 g/mol. The number of benzene rings is 1. The molecule has 2 heterocycles. The lowest BCUT2D eigenvalue weighted by atomic mass is 10.1. The third-order valence-corrected chi connectivity index (χ3v) is 4.24. The minimum atomic E-state index is -0.167. The maximum Gasteiger partial charge on any atom is 0.276 e. The first kappa shape index (κ1) is 14.5. The SMILES string of the molecule is O=C(Nc1cccc(I)c1)c1ccn(C2CCCNC2)n1. The minimum Gasteiger partial charge on any atom is -0.321 e. The van der Waals surface area contributed by atoms with Crippen molar-refractivity contribution in [3.63, 3.8) is 0 Å². The maximum atomic E-state index is 12.2. The topological polar surface area (TPSA) is 59.0 Å². The van der Waals surface area contributed by atoms with E-state index in [2.05, 4.69) is 38.3 Å². The Morgan fingerprint density at radius 2 is 2.33 bits per heavy atom. The number of nitrogens with one attached hydrogen (secondary N) is 2. The number of carbonyl (C=O) groups is 1. The lowest BCUT2D eigenvalue weighted by molar-refractivity contribution is 0.102. The minimum absolute atomic E-state index is 0.167. The van der Waals surface area contributed by atoms with E-state index in [9.17, 15) is 4.79 Å². The highest BCUT2D eigenvalue weighted by atomic mass is 127. The molecule has 0 aliphatic carbocycles. The summed E-state index contributed by atoms with van der Waals surface area (Å²) in [6.07, 6.45) is 4.14. The van der Waals surface area contributed by atoms with Gasteiger partial charge in [-0.3, -0.25) is 9.48 Å². The normalized spacial score (nSPS) is 18.4. The number of aromatic nitrogens is 2. The van der Waals surface area contributed by atoms with Crippen LogP contribution in [-0.4, -0.2) is 28.8 Å². The molecule has 1 aromatic heterocycles. The van der Waals surface area contributed by atoms with Crippen LogP contribution in [0.5, 0.6) is 0 Å². The monoisotopic (exact) mass is 396 g/mol. The first-order chi connectivity index (χ1) is 10.2. The first-order valence-corrected chi connectivity index (χ1v) is 8.13. The fourth-order valence-electron chi connectivity index (χ4n) is 2.48. The largest absolute Gasteiger partial charge is 0.321 e. The highest BCUT2D eigenvalue weighted by molar-refractivity contribution is 14.1. The molecule has 2 N–H and O–H groups in total. The lowest BCUT2D eigenvalue weighted by Gasteiger charge is -2.22. The number of carbonyl (C=O) groups excluding carboxylic acids is 1. The number of hydrogen-bond acceptors (Lipinski definition) is 3. The van der Waals surface area contributed by atoms with Crippen molar-refractivity contribution in [3.8, 4) is 0 Å². The quantitative estimate of drug-likeness (QED) is 0.785. The molecule has 0 saturated carbocycles. The Labute approximate surface area is 137 Å². The average molecular weight is 396 g/mol. The molecule has 1 amide bonds. The number of nitrogens with zero attached hydrogens (tertiary/aromatic N) is 2. The first-order valence-electron chi connectivity index (χ1n) is 7.05. The number of halogens is 1. The van der Waals surface area contributed by atoms with Gasteiger partial charge in [0.1, 0.15) is 0 Å². The summed E-state index contributed by atoms with van der Waals surface area (Å²) in [4.78, 5) is 12.2. The van der Waals surface area contributed by atoms with E-state index in [-0.39, 0.29) is 5.91 Å². The molecule has 0 bridgehead atoms. The van der Waals surface area contributed by atoms with Gasteiger partial charge >= 0.3 is 0 Å². The molecule has 1 fully saturated rings. The molecule has 0 spiro atoms. The number of hydrogen-bond donors (Lipinski definition) is 2. The zero-order valence-corrected chi connectivity index (χ0v) is 13.7. The number of rotatable bonds is 3. The van der Waals surface area contributed by atoms with Gasteiger partial charge in [0, 0.05) is 22.0 Å². The van der Waals surface area contributed by atoms with Gasteiger partial charge in [0.05, 0.1) is 6.04 Å². The van der Waals surface area contributed by atoms with Crippen LogP contribution < -0.4 is 10.6 Å². The summed E-state index contributed by atoms with van der Waals surface area (Å²) in [5, 5.41) is 10.7. The molecular formula is C15H17IN4O. The van der Waals surface area contributed by atoms with Crippen molar-refractivity contribution < 1.29 is 4.79 Å². The van der Waals surface area contributed by atoms with E-state index in [1.165, 1.54) is 0 Å². The maximum absolute atomic E-state index is 12.2. The lowest BCUT2D eigenvalue weighted by Crippen LogP contribution is -2.32. The molecule has 1 aromatic carbocycles. The summed E-state index contributed by atoms with van der Waals surface area (Å²) in [6, 6.07) is 9.84. The number of anilines is 1. The van der Waals surface area contributed by atoms with Gasteiger partial charge in [0.25, 0.3) is 5.91 Å². The van der Waals surface area contributed by atoms with Crippen molar-refractivity contribution >= 4 is 34.2 Å². The van der Waals surface area contributed by atoms with Crippen molar-refractivity contribution in [2.45, 2.75) is 18.9 Å². The second kappa shape index (κ2) is 6.57. The number of piperidine rings is 1. The van der Waals surface area contributed by atoms with Gasteiger partial charge in [0.15, 0.2) is 5.69 Å². The third kappa shape index (κ3) is 3.62. The Bertz CT molecular complexity index is 634. The predicted octanol–water partition coefficient (Wildman–Crippen LogP) is 2.66. The number of amides is 1. The molecule has 21 heavy (non-hydrogen) atoms. The zero-order valence-electron chi connectivity index (χ0n) is 11.6. The third-order valence-electron chi connectivity index (χ3n) is 3.57. The van der Waals surface area contributed by atoms with Crippen molar-refractivity contribution in [2.24, 2.45) is 0 Å². The van der Waals surface area contributed by atoms with Gasteiger partial charge in [-0.2, -0.15) is 5.10 Å². The summed E-state index contributed by atoms with van der Waals surface area (Å²) in [7, 11) is 0. The van der Waals surface area contributed by atoms with E-state index in [0.717, 1.165) is 35.2 Å². The summed E-state index contributed by atoms with van der Waals surface area (Å²) < 4.78 is 2.99. The van der Waals surface area contributed by atoms with Gasteiger partial charge < -0.3 is 10.6 Å². The molecule has 1 unspecified atom stereocenters. The Morgan fingerprint density at radius 3 is 3.10 bits per heavy atom. The van der Waals surface area contributed by atoms with Crippen molar-refractivity contribution in [3.05, 3.63) is 45.8 Å². The van der Waals surface area contributed by atoms with Crippen molar-refractivity contribution in [1.82, 2.24) is 15.1 Å². The molecule has 6 heteroatoms. The Kier molecular flexibility index (Phi) is 4.54. The van der Waals surface area contributed by atoms with Crippen LogP contribution in [0.1, 0.15) is 29.4 Å². The Balaban J connectivity index is 1.69. The second-order valence-electron chi connectivity index (χ2n) is 5.15. The fraction of sp³-hybridized carbons (Fsp3) is 0.333. The van der Waals surface area contributed by atoms with Crippen molar-refractivity contribution in [2.75, 3.05) is 18.4 Å². The highest BCUT2D eigenvalue weighted by Gasteiger charge is 2.17. The molecule has 0 radical (unpaired) electrons. The molecule has 5 nitrogen and oxygen atoms in total. The van der Waals surface area contributed by atoms with E-state index in [1.807, 2.05) is 35.1 Å². The van der Waals surface area contributed by atoms with Crippen LogP contribution in [0, 0.1) is 3.57 Å². The van der Waals surface area contributed by atoms with Gasteiger partial charge in [-0.05, 0) is 66.2 Å². The Hall–Kier alpha value is -1.41. The summed E-state index contributed by atoms with van der Waals surface area (Å²) in [6.45, 7) is 1.98. The predicted molar refractivity (Wildman–Crippen MR) is 90.5 cm³/mol. The van der Waals surface area contributed by atoms with Gasteiger partial charge in [-0.15, -0.1) is 0 Å². The standard InChI is InChI=1S/C15H17IN4O/c16-11-3-1-4-12(9-11)18-15(21)14-6-8-20(19-14)13-5-2-7-17-10-13/h1,3-4,6,8-9,13,17H,2,5,7,10H2,(H,18,21). The highest BCUT2D eigenvalue weighted by Crippen LogP contribution is 2.17. The van der Waals surface area contributed by atoms with Crippen LogP contribution >= 0.6 is 22.6 Å². The smallest absolute Gasteiger partial charge is 0.276 e. The van der Waals surface area contributed by atoms with Crippen molar-refractivity contribution in [1.29, 1.82) is 0 Å². The molecule has 1 aliphatic heterocycles. The molecule has 1 aliphatic rings. The van der Waals surface area contributed by atoms with Crippen LogP contribution in [0.4, 0.5) is 5.69 Å². The molecule has 1 saturated heterocycles. The van der Waals surface area contributed by atoms with Crippen LogP contribution in [0.2, 0.25) is 0 Å². The van der Waals surface area contributed by atoms with E-state index < -0.39 is 0 Å². The Morgan fingerprint density at radius 1 is 1.43 bits per heavy atom. The summed E-state index contributed by atoms with van der Waals surface area (Å²) in [5.41, 5.74) is 1.25. The molecule has 2 aromatic rings. The zero-order chi connectivity index (χ0) is 14.7. The van der Waals surface area contributed by atoms with Crippen LogP contribution in [0.25, 0.3) is 0 Å². The molecule has 110 valence electrons. The van der Waals surface area contributed by atoms with Crippen LogP contribution in [-0.2, 0) is 0 Å². The average Bonchev–Trinajstić information content (AvgIpc) is 2.98. The van der Waals surface area contributed by atoms with Gasteiger partial charge in [0.2, 0.25) is 0 Å². The second-order valence-corrected chi connectivity index (χ2v) is 6.39. The van der Waals surface area contributed by atoms with E-state index in [1.54, 1.807) is 6.07 Å².